The Kier molecular flexibility index (Phi) is 13.9. The van der Waals surface area contributed by atoms with Gasteiger partial charge in [-0.15, -0.1) is 0 Å². The van der Waals surface area contributed by atoms with Gasteiger partial charge in [0.1, 0.15) is 24.0 Å². The highest BCUT2D eigenvalue weighted by Gasteiger charge is 2.30. The number of nitrogens with two attached hydrogens (primary N) is 2. The lowest BCUT2D eigenvalue weighted by molar-refractivity contribution is -0.131. The lowest BCUT2D eigenvalue weighted by Gasteiger charge is -2.27. The van der Waals surface area contributed by atoms with Crippen LogP contribution in [0, 0.1) is 11.8 Å². The SMILES string of the molecule is CC(C)CC(NC(=O)OC(C)(C)C)C(=O)NC(CC(C)C)C(=O)NC(C=O)CCCN=C(N)N. The Balaban J connectivity index is 5.30. The minimum atomic E-state index is -0.876. The number of nitrogens with zero attached hydrogens (tertiary/aromatic N) is 1. The van der Waals surface area contributed by atoms with Gasteiger partial charge < -0.3 is 36.9 Å². The highest BCUT2D eigenvalue weighted by atomic mass is 16.6. The van der Waals surface area contributed by atoms with Crippen molar-refractivity contribution in [1.29, 1.82) is 0 Å². The van der Waals surface area contributed by atoms with Crippen molar-refractivity contribution in [1.82, 2.24) is 16.0 Å². The van der Waals surface area contributed by atoms with Gasteiger partial charge in [-0.3, -0.25) is 14.6 Å². The third-order valence-electron chi connectivity index (χ3n) is 4.51. The van der Waals surface area contributed by atoms with E-state index in [1.54, 1.807) is 20.8 Å². The average Bonchev–Trinajstić information content (AvgIpc) is 2.66. The molecule has 11 nitrogen and oxygen atoms in total. The number of hydrogen-bond donors (Lipinski definition) is 5. The van der Waals surface area contributed by atoms with Crippen molar-refractivity contribution in [3.05, 3.63) is 0 Å². The number of hydrogen-bond acceptors (Lipinski definition) is 6. The molecule has 0 aliphatic rings. The normalized spacial score (nSPS) is 14.0. The third kappa shape index (κ3) is 15.1. The molecule has 3 amide bonds. The number of ether oxygens (including phenoxy) is 1. The molecule has 0 rings (SSSR count). The quantitative estimate of drug-likeness (QED) is 0.106. The lowest BCUT2D eigenvalue weighted by Crippen LogP contribution is -2.56. The highest BCUT2D eigenvalue weighted by Crippen LogP contribution is 2.11. The first-order valence-corrected chi connectivity index (χ1v) is 11.8. The molecule has 0 saturated heterocycles. The van der Waals surface area contributed by atoms with Gasteiger partial charge in [-0.25, -0.2) is 4.79 Å². The molecule has 3 atom stereocenters. The van der Waals surface area contributed by atoms with Gasteiger partial charge >= 0.3 is 6.09 Å². The number of aldehydes is 1. The number of nitrogens with one attached hydrogen (secondary N) is 3. The van der Waals surface area contributed by atoms with Crippen molar-refractivity contribution >= 4 is 30.2 Å². The Morgan fingerprint density at radius 3 is 1.85 bits per heavy atom. The molecule has 0 aliphatic carbocycles. The van der Waals surface area contributed by atoms with Gasteiger partial charge in [0.25, 0.3) is 0 Å². The summed E-state index contributed by atoms with van der Waals surface area (Å²) in [7, 11) is 0. The number of amides is 3. The lowest BCUT2D eigenvalue weighted by atomic mass is 10.00. The van der Waals surface area contributed by atoms with Crippen LogP contribution in [0.3, 0.4) is 0 Å². The molecule has 3 unspecified atom stereocenters. The molecule has 34 heavy (non-hydrogen) atoms. The first-order valence-electron chi connectivity index (χ1n) is 11.8. The number of carbonyl (C=O) groups is 4. The van der Waals surface area contributed by atoms with Crippen LogP contribution in [0.2, 0.25) is 0 Å². The van der Waals surface area contributed by atoms with E-state index in [1.165, 1.54) is 0 Å². The van der Waals surface area contributed by atoms with Gasteiger partial charge in [0.15, 0.2) is 5.96 Å². The number of aliphatic imine (C=N–C) groups is 1. The Hall–Kier alpha value is -2.85. The van der Waals surface area contributed by atoms with E-state index < -0.39 is 41.6 Å². The number of alkyl carbamates (subject to hydrolysis) is 1. The fourth-order valence-corrected chi connectivity index (χ4v) is 3.10. The topological polar surface area (TPSA) is 178 Å². The first-order chi connectivity index (χ1) is 15.6. The molecule has 11 heteroatoms. The smallest absolute Gasteiger partial charge is 0.408 e. The number of rotatable bonds is 14. The fourth-order valence-electron chi connectivity index (χ4n) is 3.10. The van der Waals surface area contributed by atoms with E-state index in [-0.39, 0.29) is 17.8 Å². The Morgan fingerprint density at radius 2 is 1.41 bits per heavy atom. The van der Waals surface area contributed by atoms with Crippen LogP contribution in [0.1, 0.15) is 74.1 Å². The summed E-state index contributed by atoms with van der Waals surface area (Å²) < 4.78 is 5.27. The van der Waals surface area contributed by atoms with Crippen LogP contribution >= 0.6 is 0 Å². The molecule has 0 aliphatic heterocycles. The van der Waals surface area contributed by atoms with Crippen LogP contribution in [0.4, 0.5) is 4.79 Å². The summed E-state index contributed by atoms with van der Waals surface area (Å²) in [5.74, 6) is -0.803. The van der Waals surface area contributed by atoms with Gasteiger partial charge in [-0.2, -0.15) is 0 Å². The standard InChI is InChI=1S/C23H44N6O5/c1-14(2)11-17(19(31)27-16(13-30)9-8-10-26-21(24)25)28-20(32)18(12-15(3)4)29-22(33)34-23(5,6)7/h13-18H,8-12H2,1-7H3,(H,27,31)(H,28,32)(H,29,33)(H4,24,25,26). The van der Waals surface area contributed by atoms with Crippen LogP contribution < -0.4 is 27.4 Å². The van der Waals surface area contributed by atoms with Gasteiger partial charge in [0.2, 0.25) is 11.8 Å². The van der Waals surface area contributed by atoms with Gasteiger partial charge in [0.05, 0.1) is 6.04 Å². The molecule has 0 saturated carbocycles. The summed E-state index contributed by atoms with van der Waals surface area (Å²) in [6.07, 6.45) is 1.51. The summed E-state index contributed by atoms with van der Waals surface area (Å²) in [5.41, 5.74) is 9.85. The van der Waals surface area contributed by atoms with Crippen LogP contribution in [0.5, 0.6) is 0 Å². The van der Waals surface area contributed by atoms with Crippen LogP contribution in [-0.4, -0.2) is 60.4 Å². The molecule has 0 heterocycles. The predicted octanol–water partition coefficient (Wildman–Crippen LogP) is 1.19. The average molecular weight is 485 g/mol. The van der Waals surface area contributed by atoms with Crippen molar-refractivity contribution < 1.29 is 23.9 Å². The molecule has 0 radical (unpaired) electrons. The summed E-state index contributed by atoms with van der Waals surface area (Å²) in [6.45, 7) is 13.2. The summed E-state index contributed by atoms with van der Waals surface area (Å²) in [6, 6.07) is -2.49. The summed E-state index contributed by atoms with van der Waals surface area (Å²) in [5, 5.41) is 8.02. The third-order valence-corrected chi connectivity index (χ3v) is 4.51. The Bertz CT molecular complexity index is 698. The van der Waals surface area contributed by atoms with E-state index in [0.29, 0.717) is 38.5 Å². The maximum Gasteiger partial charge on any atom is 0.408 e. The second-order valence-electron chi connectivity index (χ2n) is 10.2. The molecule has 0 aromatic carbocycles. The second kappa shape index (κ2) is 15.1. The number of carbonyl (C=O) groups excluding carboxylic acids is 4. The minimum absolute atomic E-state index is 0.0395. The maximum absolute atomic E-state index is 13.0. The van der Waals surface area contributed by atoms with Crippen molar-refractivity contribution in [3.63, 3.8) is 0 Å². The van der Waals surface area contributed by atoms with Gasteiger partial charge in [0, 0.05) is 6.54 Å². The second-order valence-corrected chi connectivity index (χ2v) is 10.2. The minimum Gasteiger partial charge on any atom is -0.444 e. The van der Waals surface area contributed by atoms with E-state index in [0.717, 1.165) is 0 Å². The zero-order valence-electron chi connectivity index (χ0n) is 21.6. The molecule has 0 fully saturated rings. The highest BCUT2D eigenvalue weighted by molar-refractivity contribution is 5.92. The largest absolute Gasteiger partial charge is 0.444 e. The maximum atomic E-state index is 13.0. The molecule has 0 bridgehead atoms. The molecule has 0 aromatic rings. The van der Waals surface area contributed by atoms with E-state index in [2.05, 4.69) is 20.9 Å². The molecule has 0 spiro atoms. The van der Waals surface area contributed by atoms with Crippen LogP contribution in [-0.2, 0) is 19.1 Å². The Morgan fingerprint density at radius 1 is 0.912 bits per heavy atom. The van der Waals surface area contributed by atoms with Gasteiger partial charge in [-0.05, 0) is 58.3 Å². The molecular weight excluding hydrogens is 440 g/mol. The van der Waals surface area contributed by atoms with E-state index in [4.69, 9.17) is 16.2 Å². The molecule has 196 valence electrons. The predicted molar refractivity (Wildman–Crippen MR) is 132 cm³/mol. The van der Waals surface area contributed by atoms with E-state index in [9.17, 15) is 19.2 Å². The van der Waals surface area contributed by atoms with E-state index in [1.807, 2.05) is 27.7 Å². The Labute approximate surface area is 203 Å². The molecule has 7 N–H and O–H groups in total. The molecule has 0 aromatic heterocycles. The molecular formula is C23H44N6O5. The van der Waals surface area contributed by atoms with Crippen molar-refractivity contribution in [2.45, 2.75) is 97.9 Å². The monoisotopic (exact) mass is 484 g/mol. The summed E-state index contributed by atoms with van der Waals surface area (Å²) in [4.78, 5) is 53.5. The van der Waals surface area contributed by atoms with Crippen molar-refractivity contribution in [2.75, 3.05) is 6.54 Å². The fraction of sp³-hybridized carbons (Fsp3) is 0.783. The zero-order valence-corrected chi connectivity index (χ0v) is 21.6. The van der Waals surface area contributed by atoms with E-state index >= 15 is 0 Å². The van der Waals surface area contributed by atoms with Crippen molar-refractivity contribution in [3.8, 4) is 0 Å². The summed E-state index contributed by atoms with van der Waals surface area (Å²) >= 11 is 0. The first kappa shape index (κ1) is 31.1. The number of guanidine groups is 1. The van der Waals surface area contributed by atoms with Crippen molar-refractivity contribution in [2.24, 2.45) is 28.3 Å². The zero-order chi connectivity index (χ0) is 26.5. The van der Waals surface area contributed by atoms with Gasteiger partial charge in [-0.1, -0.05) is 27.7 Å². The van der Waals surface area contributed by atoms with Crippen LogP contribution in [0.15, 0.2) is 4.99 Å². The van der Waals surface area contributed by atoms with Crippen LogP contribution in [0.25, 0.3) is 0 Å².